The molecule has 112 valence electrons. The van der Waals surface area contributed by atoms with E-state index in [-0.39, 0.29) is 0 Å². The average Bonchev–Trinajstić information content (AvgIpc) is 2.24. The summed E-state index contributed by atoms with van der Waals surface area (Å²) in [5.41, 5.74) is -1.29. The lowest BCUT2D eigenvalue weighted by Crippen LogP contribution is -2.52. The van der Waals surface area contributed by atoms with Gasteiger partial charge >= 0.3 is 6.18 Å². The molecule has 1 heterocycles. The second kappa shape index (κ2) is 4.96. The van der Waals surface area contributed by atoms with Gasteiger partial charge in [-0.1, -0.05) is 12.1 Å². The van der Waals surface area contributed by atoms with Crippen LogP contribution >= 0.6 is 0 Å². The normalized spacial score (nSPS) is 18.3. The fourth-order valence-corrected chi connectivity index (χ4v) is 3.66. The van der Waals surface area contributed by atoms with Gasteiger partial charge in [-0.05, 0) is 12.1 Å². The van der Waals surface area contributed by atoms with Crippen molar-refractivity contribution in [3.63, 3.8) is 0 Å². The Morgan fingerprint density at radius 3 is 2.20 bits per heavy atom. The molecule has 1 aliphatic heterocycles. The van der Waals surface area contributed by atoms with Gasteiger partial charge in [-0.25, -0.2) is 17.2 Å². The van der Waals surface area contributed by atoms with Gasteiger partial charge in [-0.15, -0.1) is 0 Å². The number of sulfonamides is 1. The van der Waals surface area contributed by atoms with Gasteiger partial charge < -0.3 is 0 Å². The standard InChI is InChI=1S/C11H10F5NO2S/c12-10(13)7-5-17(6-7)20(18,19)9-4-2-1-3-8(9)11(14,15)16/h1-4,7,10H,5-6H2. The molecule has 20 heavy (non-hydrogen) atoms. The largest absolute Gasteiger partial charge is 0.417 e. The van der Waals surface area contributed by atoms with Crippen molar-refractivity contribution < 1.29 is 30.4 Å². The Kier molecular flexibility index (Phi) is 3.76. The lowest BCUT2D eigenvalue weighted by molar-refractivity contribution is -0.140. The van der Waals surface area contributed by atoms with Crippen LogP contribution in [-0.2, 0) is 16.2 Å². The minimum absolute atomic E-state index is 0.466. The molecule has 0 aromatic heterocycles. The number of hydrogen-bond acceptors (Lipinski definition) is 2. The molecule has 3 nitrogen and oxygen atoms in total. The molecule has 0 amide bonds. The highest BCUT2D eigenvalue weighted by Crippen LogP contribution is 2.37. The fraction of sp³-hybridized carbons (Fsp3) is 0.455. The van der Waals surface area contributed by atoms with Crippen molar-refractivity contribution in [3.05, 3.63) is 29.8 Å². The third-order valence-electron chi connectivity index (χ3n) is 3.04. The summed E-state index contributed by atoms with van der Waals surface area (Å²) in [6.07, 6.45) is -7.50. The highest BCUT2D eigenvalue weighted by atomic mass is 32.2. The summed E-state index contributed by atoms with van der Waals surface area (Å²) in [4.78, 5) is -0.903. The number of halogens is 5. The molecule has 1 saturated heterocycles. The zero-order valence-corrected chi connectivity index (χ0v) is 10.8. The molecule has 0 unspecified atom stereocenters. The number of hydrogen-bond donors (Lipinski definition) is 0. The van der Waals surface area contributed by atoms with E-state index in [2.05, 4.69) is 0 Å². The quantitative estimate of drug-likeness (QED) is 0.804. The predicted octanol–water partition coefficient (Wildman–Crippen LogP) is 2.59. The first kappa shape index (κ1) is 15.2. The maximum atomic E-state index is 12.8. The topological polar surface area (TPSA) is 37.4 Å². The molecule has 0 atom stereocenters. The molecular weight excluding hydrogens is 305 g/mol. The zero-order valence-electron chi connectivity index (χ0n) is 9.94. The van der Waals surface area contributed by atoms with Crippen molar-refractivity contribution in [2.24, 2.45) is 5.92 Å². The van der Waals surface area contributed by atoms with E-state index in [4.69, 9.17) is 0 Å². The molecule has 0 saturated carbocycles. The highest BCUT2D eigenvalue weighted by Gasteiger charge is 2.44. The molecule has 2 rings (SSSR count). The predicted molar refractivity (Wildman–Crippen MR) is 59.7 cm³/mol. The number of nitrogens with zero attached hydrogens (tertiary/aromatic N) is 1. The molecule has 1 aliphatic rings. The molecule has 0 bridgehead atoms. The summed E-state index contributed by atoms with van der Waals surface area (Å²) in [5, 5.41) is 0. The van der Waals surface area contributed by atoms with Gasteiger partial charge in [0.2, 0.25) is 16.4 Å². The Morgan fingerprint density at radius 2 is 1.70 bits per heavy atom. The summed E-state index contributed by atoms with van der Waals surface area (Å²) < 4.78 is 87.6. The first-order valence-electron chi connectivity index (χ1n) is 5.58. The third-order valence-corrected chi connectivity index (χ3v) is 4.93. The average molecular weight is 315 g/mol. The molecule has 0 aliphatic carbocycles. The van der Waals surface area contributed by atoms with Gasteiger partial charge in [0, 0.05) is 19.0 Å². The molecule has 9 heteroatoms. The fourth-order valence-electron chi connectivity index (χ4n) is 1.89. The van der Waals surface area contributed by atoms with E-state index >= 15 is 0 Å². The highest BCUT2D eigenvalue weighted by molar-refractivity contribution is 7.89. The van der Waals surface area contributed by atoms with Crippen LogP contribution in [0.4, 0.5) is 22.0 Å². The van der Waals surface area contributed by atoms with E-state index in [1.807, 2.05) is 0 Å². The maximum Gasteiger partial charge on any atom is 0.417 e. The molecule has 0 N–H and O–H groups in total. The Labute approximate surface area is 112 Å². The van der Waals surface area contributed by atoms with Crippen molar-refractivity contribution in [3.8, 4) is 0 Å². The summed E-state index contributed by atoms with van der Waals surface area (Å²) in [7, 11) is -4.40. The summed E-state index contributed by atoms with van der Waals surface area (Å²) >= 11 is 0. The monoisotopic (exact) mass is 315 g/mol. The van der Waals surface area contributed by atoms with Crippen LogP contribution in [0, 0.1) is 5.92 Å². The van der Waals surface area contributed by atoms with Gasteiger partial charge in [-0.2, -0.15) is 17.5 Å². The maximum absolute atomic E-state index is 12.8. The van der Waals surface area contributed by atoms with E-state index in [0.717, 1.165) is 18.2 Å². The minimum Gasteiger partial charge on any atom is -0.210 e. The van der Waals surface area contributed by atoms with Gasteiger partial charge in [0.1, 0.15) is 0 Å². The van der Waals surface area contributed by atoms with Gasteiger partial charge in [0.15, 0.2) is 0 Å². The second-order valence-electron chi connectivity index (χ2n) is 4.41. The minimum atomic E-state index is -4.82. The van der Waals surface area contributed by atoms with E-state index < -0.39 is 52.1 Å². The summed E-state index contributed by atoms with van der Waals surface area (Å²) in [6.45, 7) is -0.932. The third kappa shape index (κ3) is 2.64. The Morgan fingerprint density at radius 1 is 1.15 bits per heavy atom. The molecule has 0 radical (unpaired) electrons. The van der Waals surface area contributed by atoms with Crippen LogP contribution < -0.4 is 0 Å². The first-order chi connectivity index (χ1) is 9.14. The van der Waals surface area contributed by atoms with Crippen LogP contribution in [0.1, 0.15) is 5.56 Å². The summed E-state index contributed by atoms with van der Waals surface area (Å²) in [5.74, 6) is -1.12. The van der Waals surface area contributed by atoms with Crippen molar-refractivity contribution in [1.82, 2.24) is 4.31 Å². The van der Waals surface area contributed by atoms with Crippen LogP contribution in [0.2, 0.25) is 0 Å². The molecule has 1 fully saturated rings. The van der Waals surface area contributed by atoms with Crippen molar-refractivity contribution >= 4 is 10.0 Å². The van der Waals surface area contributed by atoms with Crippen LogP contribution in [-0.4, -0.2) is 32.2 Å². The summed E-state index contributed by atoms with van der Waals surface area (Å²) in [6, 6.07) is 3.71. The van der Waals surface area contributed by atoms with E-state index in [0.29, 0.717) is 10.4 Å². The molecule has 0 spiro atoms. The van der Waals surface area contributed by atoms with Crippen molar-refractivity contribution in [2.75, 3.05) is 13.1 Å². The Balaban J connectivity index is 2.33. The smallest absolute Gasteiger partial charge is 0.210 e. The van der Waals surface area contributed by atoms with Crippen molar-refractivity contribution in [1.29, 1.82) is 0 Å². The lowest BCUT2D eigenvalue weighted by Gasteiger charge is -2.37. The van der Waals surface area contributed by atoms with E-state index in [1.54, 1.807) is 0 Å². The Bertz CT molecular complexity index is 593. The van der Waals surface area contributed by atoms with Crippen molar-refractivity contribution in [2.45, 2.75) is 17.5 Å². The molecular formula is C11H10F5NO2S. The van der Waals surface area contributed by atoms with E-state index in [1.165, 1.54) is 0 Å². The lowest BCUT2D eigenvalue weighted by atomic mass is 10.1. The number of benzene rings is 1. The van der Waals surface area contributed by atoms with Crippen LogP contribution in [0.25, 0.3) is 0 Å². The number of alkyl halides is 5. The van der Waals surface area contributed by atoms with Gasteiger partial charge in [0.05, 0.1) is 10.5 Å². The van der Waals surface area contributed by atoms with Crippen LogP contribution in [0.15, 0.2) is 29.2 Å². The van der Waals surface area contributed by atoms with Crippen LogP contribution in [0.3, 0.4) is 0 Å². The van der Waals surface area contributed by atoms with E-state index in [9.17, 15) is 30.4 Å². The molecule has 1 aromatic rings. The SMILES string of the molecule is O=S(=O)(c1ccccc1C(F)(F)F)N1CC(C(F)F)C1. The zero-order chi connectivity index (χ0) is 15.1. The van der Waals surface area contributed by atoms with Gasteiger partial charge in [0.25, 0.3) is 0 Å². The first-order valence-corrected chi connectivity index (χ1v) is 7.02. The second-order valence-corrected chi connectivity index (χ2v) is 6.32. The Hall–Kier alpha value is -1.22. The molecule has 1 aromatic carbocycles. The van der Waals surface area contributed by atoms with Gasteiger partial charge in [-0.3, -0.25) is 0 Å². The van der Waals surface area contributed by atoms with Crippen LogP contribution in [0.5, 0.6) is 0 Å². The number of rotatable bonds is 3.